The van der Waals surface area contributed by atoms with E-state index >= 15 is 0 Å². The van der Waals surface area contributed by atoms with E-state index in [2.05, 4.69) is 161 Å². The number of nitrogens with zero attached hydrogens (tertiary/aromatic N) is 1. The molecule has 8 rings (SSSR count). The van der Waals surface area contributed by atoms with Crippen LogP contribution >= 0.6 is 17.0 Å². The minimum atomic E-state index is -2.27. The van der Waals surface area contributed by atoms with Gasteiger partial charge in [0.25, 0.3) is 0 Å². The Morgan fingerprint density at radius 2 is 1.21 bits per heavy atom. The molecule has 0 saturated heterocycles. The number of fused-ring (bicyclic) bond motifs is 7. The van der Waals surface area contributed by atoms with Crippen LogP contribution in [0, 0.1) is 6.92 Å². The Kier molecular flexibility index (Phi) is 11.6. The second-order valence-electron chi connectivity index (χ2n) is 15.8. The molecule has 1 atom stereocenters. The van der Waals surface area contributed by atoms with E-state index in [0.29, 0.717) is 0 Å². The Bertz CT molecular complexity index is 2480. The van der Waals surface area contributed by atoms with Crippen molar-refractivity contribution in [1.82, 2.24) is 4.57 Å². The number of aryl methyl sites for hydroxylation is 2. The van der Waals surface area contributed by atoms with Crippen molar-refractivity contribution in [2.75, 3.05) is 6.61 Å². The van der Waals surface area contributed by atoms with E-state index in [9.17, 15) is 0 Å². The average molecular weight is 834 g/mol. The zero-order chi connectivity index (χ0) is 37.3. The second kappa shape index (κ2) is 16.0. The molecule has 8 aromatic rings. The van der Waals surface area contributed by atoms with E-state index in [1.807, 2.05) is 0 Å². The molecule has 1 heterocycles. The van der Waals surface area contributed by atoms with Gasteiger partial charge in [-0.3, -0.25) is 0 Å². The first-order chi connectivity index (χ1) is 25.6. The first kappa shape index (κ1) is 38.3. The topological polar surface area (TPSA) is 14.2 Å². The summed E-state index contributed by atoms with van der Waals surface area (Å²) in [7, 11) is 9.78. The van der Waals surface area contributed by atoms with Gasteiger partial charge in [0, 0.05) is 43.5 Å². The molecule has 2 nitrogen and oxygen atoms in total. The molecule has 0 aliphatic carbocycles. The molecule has 53 heavy (non-hydrogen) atoms. The molecule has 0 radical (unpaired) electrons. The van der Waals surface area contributed by atoms with Crippen LogP contribution in [0.5, 0.6) is 0 Å². The average Bonchev–Trinajstić information content (AvgIpc) is 3.78. The number of hydrogen-bond donors (Lipinski definition) is 0. The molecule has 0 bridgehead atoms. The molecule has 0 saturated carbocycles. The Morgan fingerprint density at radius 3 is 1.89 bits per heavy atom. The molecule has 6 heteroatoms. The summed E-state index contributed by atoms with van der Waals surface area (Å²) < 4.78 is 8.38. The SMILES string of the molecule is Cc1cc2c(-c3ccc4c(c3)c3ccccc3n4C)cccc2[c-]1[Si](C)(CCCCCCOC(C)(C)C)[c-]1c2ccccc2c2ccccc21.[Cl][Zr+2][Cl]. The molecule has 0 fully saturated rings. The second-order valence-corrected chi connectivity index (χ2v) is 23.7. The monoisotopic (exact) mass is 831 g/mol. The third-order valence-corrected chi connectivity index (χ3v) is 16.0. The molecule has 270 valence electrons. The summed E-state index contributed by atoms with van der Waals surface area (Å²) in [5.41, 5.74) is 6.56. The van der Waals surface area contributed by atoms with Gasteiger partial charge in [-0.05, 0) is 51.0 Å². The van der Waals surface area contributed by atoms with Crippen LogP contribution in [0.1, 0.15) is 52.0 Å². The van der Waals surface area contributed by atoms with Gasteiger partial charge in [-0.1, -0.05) is 111 Å². The van der Waals surface area contributed by atoms with Crippen LogP contribution in [0.25, 0.3) is 65.3 Å². The number of ether oxygens (including phenoxy) is 1. The summed E-state index contributed by atoms with van der Waals surface area (Å²) in [6.45, 7) is 12.4. The summed E-state index contributed by atoms with van der Waals surface area (Å²) >= 11 is -0.826. The van der Waals surface area contributed by atoms with Crippen LogP contribution in [0.3, 0.4) is 0 Å². The number of benzene rings is 5. The van der Waals surface area contributed by atoms with Crippen molar-refractivity contribution in [2.24, 2.45) is 7.05 Å². The van der Waals surface area contributed by atoms with Crippen LogP contribution in [-0.2, 0) is 32.6 Å². The van der Waals surface area contributed by atoms with Gasteiger partial charge in [0.2, 0.25) is 0 Å². The maximum atomic E-state index is 6.06. The van der Waals surface area contributed by atoms with E-state index in [4.69, 9.17) is 21.8 Å². The predicted octanol–water partition coefficient (Wildman–Crippen LogP) is 13.1. The van der Waals surface area contributed by atoms with Crippen molar-refractivity contribution in [1.29, 1.82) is 0 Å². The van der Waals surface area contributed by atoms with Crippen molar-refractivity contribution in [2.45, 2.75) is 71.6 Å². The van der Waals surface area contributed by atoms with Crippen LogP contribution in [0.4, 0.5) is 0 Å². The van der Waals surface area contributed by atoms with Gasteiger partial charge in [-0.25, -0.2) is 0 Å². The summed E-state index contributed by atoms with van der Waals surface area (Å²) in [4.78, 5) is 0. The van der Waals surface area contributed by atoms with E-state index in [1.54, 1.807) is 10.4 Å². The number of aromatic nitrogens is 1. The van der Waals surface area contributed by atoms with Crippen LogP contribution in [-0.4, -0.2) is 24.8 Å². The normalized spacial score (nSPS) is 13.1. The van der Waals surface area contributed by atoms with Crippen molar-refractivity contribution in [3.8, 4) is 11.1 Å². The summed E-state index contributed by atoms with van der Waals surface area (Å²) in [5.74, 6) is 0. The Labute approximate surface area is 334 Å². The molecular weight excluding hydrogens is 785 g/mol. The first-order valence-corrected chi connectivity index (χ1v) is 27.9. The van der Waals surface area contributed by atoms with E-state index < -0.39 is 28.9 Å². The molecule has 7 aromatic carbocycles. The van der Waals surface area contributed by atoms with Crippen LogP contribution in [0.15, 0.2) is 115 Å². The molecular formula is C47H49Cl2NOSiZr. The van der Waals surface area contributed by atoms with Gasteiger partial charge in [0.05, 0.1) is 5.60 Å². The number of rotatable bonds is 10. The van der Waals surface area contributed by atoms with Crippen molar-refractivity contribution < 1.29 is 25.6 Å². The molecule has 0 aliphatic heterocycles. The molecule has 1 unspecified atom stereocenters. The van der Waals surface area contributed by atoms with E-state index in [0.717, 1.165) is 13.0 Å². The molecule has 1 aromatic heterocycles. The van der Waals surface area contributed by atoms with E-state index in [-0.39, 0.29) is 5.60 Å². The fourth-order valence-corrected chi connectivity index (χ4v) is 14.1. The summed E-state index contributed by atoms with van der Waals surface area (Å²) in [6, 6.07) is 45.0. The quantitative estimate of drug-likeness (QED) is 0.0761. The first-order valence-electron chi connectivity index (χ1n) is 18.9. The van der Waals surface area contributed by atoms with Gasteiger partial charge < -0.3 is 9.30 Å². The fourth-order valence-electron chi connectivity index (χ4n) is 9.06. The zero-order valence-corrected chi connectivity index (χ0v) is 36.8. The number of para-hydroxylation sites is 1. The van der Waals surface area contributed by atoms with E-state index in [1.165, 1.54) is 96.1 Å². The molecule has 0 N–H and O–H groups in total. The molecule has 0 aliphatic rings. The predicted molar refractivity (Wildman–Crippen MR) is 232 cm³/mol. The molecule has 0 spiro atoms. The maximum absolute atomic E-state index is 6.06. The Hall–Kier alpha value is -2.98. The number of hydrogen-bond acceptors (Lipinski definition) is 1. The van der Waals surface area contributed by atoms with Crippen LogP contribution in [0.2, 0.25) is 12.6 Å². The third-order valence-electron chi connectivity index (χ3n) is 11.2. The van der Waals surface area contributed by atoms with Crippen molar-refractivity contribution in [3.05, 3.63) is 121 Å². The molecule has 0 amide bonds. The zero-order valence-electron chi connectivity index (χ0n) is 31.8. The van der Waals surface area contributed by atoms with Gasteiger partial charge in [-0.2, -0.15) is 6.07 Å². The van der Waals surface area contributed by atoms with Crippen molar-refractivity contribution >= 4 is 89.6 Å². The number of unbranched alkanes of at least 4 members (excludes halogenated alkanes) is 3. The van der Waals surface area contributed by atoms with Gasteiger partial charge >= 0.3 is 37.9 Å². The Morgan fingerprint density at radius 1 is 0.642 bits per heavy atom. The number of halogens is 2. The Balaban J connectivity index is 0.00000140. The van der Waals surface area contributed by atoms with Crippen LogP contribution < -0.4 is 10.4 Å². The summed E-state index contributed by atoms with van der Waals surface area (Å²) in [5, 5.41) is 14.4. The summed E-state index contributed by atoms with van der Waals surface area (Å²) in [6.07, 6.45) is 4.81. The van der Waals surface area contributed by atoms with Gasteiger partial charge in [-0.15, -0.1) is 72.5 Å². The third kappa shape index (κ3) is 7.40. The standard InChI is InChI=1S/C47H49NOSi.2ClH.Zr/c1-32-30-41-34(33-26-27-44-42(31-33)37-20-13-14-25-43(37)48(44)5)23-17-24-40(41)45(32)50(6,29-16-8-7-15-28-49-47(2,3)4)46-38-21-11-9-18-35(38)36-19-10-12-22-39(36)46;;;/h9-14,17-27,30-31H,7-8,15-16,28-29H2,1-6H3;2*1H;/q-2;;;+4/p-2. The van der Waals surface area contributed by atoms with Crippen molar-refractivity contribution in [3.63, 3.8) is 0 Å². The fraction of sp³-hybridized carbons (Fsp3) is 0.277. The minimum absolute atomic E-state index is 0.0682. The van der Waals surface area contributed by atoms with Gasteiger partial charge in [0.15, 0.2) is 0 Å². The van der Waals surface area contributed by atoms with Gasteiger partial charge in [0.1, 0.15) is 0 Å².